The van der Waals surface area contributed by atoms with Gasteiger partial charge in [0.15, 0.2) is 0 Å². The molecule has 1 atom stereocenters. The third kappa shape index (κ3) is 4.86. The van der Waals surface area contributed by atoms with Crippen molar-refractivity contribution in [3.8, 4) is 11.5 Å². The number of nitrogens with one attached hydrogen (secondary N) is 2. The lowest BCUT2D eigenvalue weighted by Gasteiger charge is -2.35. The summed E-state index contributed by atoms with van der Waals surface area (Å²) in [6, 6.07) is 4.06. The summed E-state index contributed by atoms with van der Waals surface area (Å²) in [6.07, 6.45) is 2.65. The highest BCUT2D eigenvalue weighted by molar-refractivity contribution is 5.85. The first-order chi connectivity index (χ1) is 12.6. The summed E-state index contributed by atoms with van der Waals surface area (Å²) in [6.45, 7) is 7.18. The molecule has 1 saturated heterocycles. The summed E-state index contributed by atoms with van der Waals surface area (Å²) in [4.78, 5) is 12.9. The predicted octanol–water partition coefficient (Wildman–Crippen LogP) is 2.46. The van der Waals surface area contributed by atoms with Gasteiger partial charge in [0, 0.05) is 31.2 Å². The van der Waals surface area contributed by atoms with E-state index in [2.05, 4.69) is 23.6 Å². The fraction of sp³-hybridized carbons (Fsp3) is 0.650. The van der Waals surface area contributed by atoms with Crippen molar-refractivity contribution in [3.05, 3.63) is 23.3 Å². The molecule has 6 nitrogen and oxygen atoms in total. The van der Waals surface area contributed by atoms with E-state index in [9.17, 15) is 4.79 Å². The quantitative estimate of drug-likeness (QED) is 0.738. The fourth-order valence-corrected chi connectivity index (χ4v) is 3.89. The molecule has 1 fully saturated rings. The first kappa shape index (κ1) is 21.8. The zero-order valence-corrected chi connectivity index (χ0v) is 17.2. The van der Waals surface area contributed by atoms with E-state index in [4.69, 9.17) is 14.2 Å². The van der Waals surface area contributed by atoms with Gasteiger partial charge in [-0.3, -0.25) is 4.79 Å². The summed E-state index contributed by atoms with van der Waals surface area (Å²) < 4.78 is 17.0. The van der Waals surface area contributed by atoms with Gasteiger partial charge in [0.1, 0.15) is 17.6 Å². The molecular formula is C20H31ClN2O4. The van der Waals surface area contributed by atoms with E-state index >= 15 is 0 Å². The minimum Gasteiger partial charge on any atom is -0.494 e. The van der Waals surface area contributed by atoms with Crippen LogP contribution in [0.4, 0.5) is 0 Å². The molecule has 3 rings (SSSR count). The molecule has 152 valence electrons. The Morgan fingerprint density at radius 1 is 1.37 bits per heavy atom. The molecule has 0 bridgehead atoms. The first-order valence-electron chi connectivity index (χ1n) is 9.51. The van der Waals surface area contributed by atoms with Gasteiger partial charge in [0.05, 0.1) is 18.6 Å². The summed E-state index contributed by atoms with van der Waals surface area (Å²) in [5.74, 6) is 1.78. The number of ether oxygens (including phenoxy) is 3. The van der Waals surface area contributed by atoms with Crippen LogP contribution in [0.2, 0.25) is 0 Å². The van der Waals surface area contributed by atoms with E-state index in [1.807, 2.05) is 13.0 Å². The maximum atomic E-state index is 12.9. The van der Waals surface area contributed by atoms with E-state index in [0.717, 1.165) is 49.4 Å². The lowest BCUT2D eigenvalue weighted by molar-refractivity contribution is -0.136. The minimum absolute atomic E-state index is 0. The van der Waals surface area contributed by atoms with Crippen molar-refractivity contribution in [1.82, 2.24) is 10.6 Å². The second kappa shape index (κ2) is 9.62. The number of amides is 1. The Morgan fingerprint density at radius 3 is 2.78 bits per heavy atom. The molecular weight excluding hydrogens is 368 g/mol. The van der Waals surface area contributed by atoms with Crippen molar-refractivity contribution in [1.29, 1.82) is 0 Å². The largest absolute Gasteiger partial charge is 0.494 e. The molecule has 0 aromatic heterocycles. The maximum absolute atomic E-state index is 12.9. The Kier molecular flexibility index (Phi) is 7.77. The Morgan fingerprint density at radius 2 is 2.11 bits per heavy atom. The van der Waals surface area contributed by atoms with Gasteiger partial charge < -0.3 is 24.8 Å². The lowest BCUT2D eigenvalue weighted by atomic mass is 9.78. The normalized spacial score (nSPS) is 20.2. The summed E-state index contributed by atoms with van der Waals surface area (Å²) >= 11 is 0. The van der Waals surface area contributed by atoms with Gasteiger partial charge in [-0.1, -0.05) is 0 Å². The third-order valence-electron chi connectivity index (χ3n) is 5.28. The second-order valence-electron chi connectivity index (χ2n) is 7.28. The van der Waals surface area contributed by atoms with Gasteiger partial charge in [-0.25, -0.2) is 0 Å². The number of piperidine rings is 1. The molecule has 1 amide bonds. The average Bonchev–Trinajstić information content (AvgIpc) is 2.99. The zero-order valence-electron chi connectivity index (χ0n) is 16.4. The Labute approximate surface area is 167 Å². The van der Waals surface area contributed by atoms with Crippen LogP contribution in [0.3, 0.4) is 0 Å². The highest BCUT2D eigenvalue weighted by Gasteiger charge is 2.39. The van der Waals surface area contributed by atoms with Crippen molar-refractivity contribution in [2.75, 3.05) is 33.4 Å². The number of carbonyl (C=O) groups excluding carboxylic acids is 1. The highest BCUT2D eigenvalue weighted by atomic mass is 35.5. The number of rotatable bonds is 7. The van der Waals surface area contributed by atoms with Gasteiger partial charge in [0.25, 0.3) is 0 Å². The van der Waals surface area contributed by atoms with Crippen molar-refractivity contribution >= 4 is 18.3 Å². The number of halogens is 1. The number of methoxy groups -OCH3 is 1. The zero-order chi connectivity index (χ0) is 18.6. The molecule has 2 aliphatic rings. The smallest absolute Gasteiger partial charge is 0.228 e. The van der Waals surface area contributed by atoms with Crippen molar-refractivity contribution < 1.29 is 19.0 Å². The Bertz CT molecular complexity index is 642. The number of benzene rings is 1. The van der Waals surface area contributed by atoms with E-state index in [1.165, 1.54) is 5.56 Å². The molecule has 27 heavy (non-hydrogen) atoms. The van der Waals surface area contributed by atoms with Gasteiger partial charge in [-0.05, 0) is 51.9 Å². The van der Waals surface area contributed by atoms with E-state index < -0.39 is 5.41 Å². The van der Waals surface area contributed by atoms with E-state index in [-0.39, 0.29) is 24.4 Å². The van der Waals surface area contributed by atoms with Crippen molar-refractivity contribution in [2.24, 2.45) is 5.41 Å². The van der Waals surface area contributed by atoms with Gasteiger partial charge in [0.2, 0.25) is 5.91 Å². The first-order valence-corrected chi connectivity index (χ1v) is 9.51. The van der Waals surface area contributed by atoms with Crippen LogP contribution in [-0.2, 0) is 22.5 Å². The third-order valence-corrected chi connectivity index (χ3v) is 5.28. The number of carbonyl (C=O) groups is 1. The average molecular weight is 399 g/mol. The number of fused-ring (bicyclic) bond motifs is 1. The molecule has 0 spiro atoms. The molecule has 1 aromatic rings. The predicted molar refractivity (Wildman–Crippen MR) is 107 cm³/mol. The Hall–Kier alpha value is -1.50. The minimum atomic E-state index is -0.451. The molecule has 7 heteroatoms. The van der Waals surface area contributed by atoms with Crippen LogP contribution >= 0.6 is 12.4 Å². The summed E-state index contributed by atoms with van der Waals surface area (Å²) in [5, 5.41) is 6.43. The van der Waals surface area contributed by atoms with Gasteiger partial charge in [-0.2, -0.15) is 0 Å². The van der Waals surface area contributed by atoms with E-state index in [0.29, 0.717) is 19.8 Å². The van der Waals surface area contributed by atoms with E-state index in [1.54, 1.807) is 7.11 Å². The van der Waals surface area contributed by atoms with Crippen LogP contribution in [-0.4, -0.2) is 45.4 Å². The fourth-order valence-electron chi connectivity index (χ4n) is 3.89. The SMILES string of the molecule is CCOc1cc2c(cc1CNC(=O)C1(COC)CCNCC1)OC(C)C2.Cl. The molecule has 2 heterocycles. The van der Waals surface area contributed by atoms with Crippen LogP contribution in [0.25, 0.3) is 0 Å². The molecule has 2 N–H and O–H groups in total. The Balaban J connectivity index is 0.00000261. The lowest BCUT2D eigenvalue weighted by Crippen LogP contribution is -2.50. The number of hydrogen-bond donors (Lipinski definition) is 2. The molecule has 0 aliphatic carbocycles. The standard InChI is InChI=1S/C20H30N2O4.ClH/c1-4-25-17-10-15-9-14(2)26-18(15)11-16(17)12-22-19(23)20(13-24-3)5-7-21-8-6-20;/h10-11,14,21H,4-9,12-13H2,1-3H3,(H,22,23);1H. The van der Waals surface area contributed by atoms with Gasteiger partial charge >= 0.3 is 0 Å². The topological polar surface area (TPSA) is 68.8 Å². The number of hydrogen-bond acceptors (Lipinski definition) is 5. The van der Waals surface area contributed by atoms with Crippen molar-refractivity contribution in [3.63, 3.8) is 0 Å². The molecule has 0 radical (unpaired) electrons. The van der Waals surface area contributed by atoms with Crippen LogP contribution in [0.1, 0.15) is 37.8 Å². The molecule has 0 saturated carbocycles. The second-order valence-corrected chi connectivity index (χ2v) is 7.28. The molecule has 1 unspecified atom stereocenters. The van der Waals surface area contributed by atoms with Crippen LogP contribution < -0.4 is 20.1 Å². The highest BCUT2D eigenvalue weighted by Crippen LogP contribution is 2.35. The van der Waals surface area contributed by atoms with Gasteiger partial charge in [-0.15, -0.1) is 12.4 Å². The molecule has 1 aromatic carbocycles. The maximum Gasteiger partial charge on any atom is 0.228 e. The summed E-state index contributed by atoms with van der Waals surface area (Å²) in [5.41, 5.74) is 1.67. The van der Waals surface area contributed by atoms with Crippen LogP contribution in [0.15, 0.2) is 12.1 Å². The summed E-state index contributed by atoms with van der Waals surface area (Å²) in [7, 11) is 1.66. The van der Waals surface area contributed by atoms with Crippen LogP contribution in [0.5, 0.6) is 11.5 Å². The van der Waals surface area contributed by atoms with Crippen LogP contribution in [0, 0.1) is 5.41 Å². The monoisotopic (exact) mass is 398 g/mol. The molecule has 2 aliphatic heterocycles. The van der Waals surface area contributed by atoms with Crippen molar-refractivity contribution in [2.45, 2.75) is 45.8 Å².